The molecule has 0 saturated heterocycles. The molecule has 174 valence electrons. The van der Waals surface area contributed by atoms with Gasteiger partial charge in [-0.3, -0.25) is 9.78 Å². The fraction of sp³-hybridized carbons (Fsp3) is 0.217. The molecule has 10 heteroatoms. The van der Waals surface area contributed by atoms with Crippen molar-refractivity contribution in [1.29, 1.82) is 0 Å². The van der Waals surface area contributed by atoms with Crippen LogP contribution >= 0.6 is 0 Å². The number of halogens is 4. The van der Waals surface area contributed by atoms with Crippen LogP contribution in [0.15, 0.2) is 48.8 Å². The van der Waals surface area contributed by atoms with Gasteiger partial charge in [-0.2, -0.15) is 0 Å². The molecular weight excluding hydrogens is 440 g/mol. The van der Waals surface area contributed by atoms with Crippen molar-refractivity contribution in [2.45, 2.75) is 6.42 Å². The van der Waals surface area contributed by atoms with E-state index in [1.165, 1.54) is 12.4 Å². The summed E-state index contributed by atoms with van der Waals surface area (Å²) in [5.41, 5.74) is 3.78. The first-order valence-electron chi connectivity index (χ1n) is 10.1. The molecule has 0 aliphatic rings. The average Bonchev–Trinajstić information content (AvgIpc) is 2.79. The van der Waals surface area contributed by atoms with Gasteiger partial charge in [-0.1, -0.05) is 6.07 Å². The van der Waals surface area contributed by atoms with Gasteiger partial charge >= 0.3 is 0 Å². The van der Waals surface area contributed by atoms with Crippen molar-refractivity contribution in [3.8, 4) is 11.1 Å². The van der Waals surface area contributed by atoms with Gasteiger partial charge in [0, 0.05) is 19.3 Å². The summed E-state index contributed by atoms with van der Waals surface area (Å²) < 4.78 is 57.9. The third-order valence-electron chi connectivity index (χ3n) is 4.94. The maximum absolute atomic E-state index is 15.2. The first-order valence-corrected chi connectivity index (χ1v) is 10.1. The second kappa shape index (κ2) is 10.9. The maximum atomic E-state index is 15.2. The fourth-order valence-corrected chi connectivity index (χ4v) is 3.40. The number of hydrogen-bond acceptors (Lipinski definition) is 5. The molecule has 1 amide bonds. The molecule has 2 aromatic carbocycles. The number of pyridine rings is 1. The zero-order valence-electron chi connectivity index (χ0n) is 17.5. The molecule has 0 aliphatic heterocycles. The highest BCUT2D eigenvalue weighted by molar-refractivity contribution is 6.06. The molecule has 1 heterocycles. The zero-order chi connectivity index (χ0) is 24.0. The van der Waals surface area contributed by atoms with Gasteiger partial charge in [-0.05, 0) is 43.3 Å². The molecule has 3 aromatic rings. The Bertz CT molecular complexity index is 1120. The summed E-state index contributed by atoms with van der Waals surface area (Å²) in [6.07, 6.45) is 3.42. The number of carbonyl (C=O) groups excluding carboxylic acids is 1. The molecule has 4 N–H and O–H groups in total. The van der Waals surface area contributed by atoms with E-state index in [1.54, 1.807) is 11.0 Å². The van der Waals surface area contributed by atoms with Crippen molar-refractivity contribution in [2.24, 2.45) is 5.73 Å². The SMILES string of the molecule is NCCCN(CCO)c1ccncc1NC(=O)c1ccc(F)c(-c2c(F)cccc2F)c1F. The number of hydrogen-bond donors (Lipinski definition) is 3. The molecule has 0 radical (unpaired) electrons. The lowest BCUT2D eigenvalue weighted by molar-refractivity contribution is 0.102. The van der Waals surface area contributed by atoms with Crippen LogP contribution in [0.5, 0.6) is 0 Å². The van der Waals surface area contributed by atoms with Crippen molar-refractivity contribution >= 4 is 17.3 Å². The Hall–Kier alpha value is -3.50. The zero-order valence-corrected chi connectivity index (χ0v) is 17.5. The Morgan fingerprint density at radius 2 is 1.70 bits per heavy atom. The van der Waals surface area contributed by atoms with Crippen LogP contribution in [0.3, 0.4) is 0 Å². The molecular formula is C23H22F4N4O2. The molecule has 6 nitrogen and oxygen atoms in total. The van der Waals surface area contributed by atoms with Crippen LogP contribution in [0.25, 0.3) is 11.1 Å². The standard InChI is InChI=1S/C23H22F4N4O2/c24-15-3-1-4-16(25)20(15)21-17(26)6-5-14(22(21)27)23(33)30-18-13-29-9-7-19(18)31(11-12-32)10-2-8-28/h1,3-7,9,13,32H,2,8,10-12,28H2,(H,30,33). The van der Waals surface area contributed by atoms with Gasteiger partial charge in [0.1, 0.15) is 23.3 Å². The summed E-state index contributed by atoms with van der Waals surface area (Å²) in [6, 6.07) is 6.04. The minimum atomic E-state index is -1.41. The number of aliphatic hydroxyl groups excluding tert-OH is 1. The Labute approximate surface area is 187 Å². The van der Waals surface area contributed by atoms with Crippen LogP contribution in [0.2, 0.25) is 0 Å². The number of rotatable bonds is 9. The summed E-state index contributed by atoms with van der Waals surface area (Å²) in [4.78, 5) is 18.6. The number of nitrogens with one attached hydrogen (secondary N) is 1. The van der Waals surface area contributed by atoms with Crippen molar-refractivity contribution in [3.63, 3.8) is 0 Å². The van der Waals surface area contributed by atoms with Gasteiger partial charge in [0.05, 0.1) is 40.9 Å². The minimum Gasteiger partial charge on any atom is -0.395 e. The molecule has 1 aromatic heterocycles. The molecule has 3 rings (SSSR count). The second-order valence-corrected chi connectivity index (χ2v) is 7.08. The topological polar surface area (TPSA) is 91.5 Å². The summed E-state index contributed by atoms with van der Waals surface area (Å²) >= 11 is 0. The van der Waals surface area contributed by atoms with Crippen LogP contribution < -0.4 is 16.0 Å². The van der Waals surface area contributed by atoms with Crippen molar-refractivity contribution in [1.82, 2.24) is 4.98 Å². The lowest BCUT2D eigenvalue weighted by Crippen LogP contribution is -2.30. The molecule has 0 saturated carbocycles. The molecule has 0 atom stereocenters. The number of benzene rings is 2. The van der Waals surface area contributed by atoms with E-state index in [2.05, 4.69) is 10.3 Å². The molecule has 0 unspecified atom stereocenters. The third kappa shape index (κ3) is 5.29. The fourth-order valence-electron chi connectivity index (χ4n) is 3.40. The van der Waals surface area contributed by atoms with E-state index in [0.717, 1.165) is 30.3 Å². The maximum Gasteiger partial charge on any atom is 0.258 e. The summed E-state index contributed by atoms with van der Waals surface area (Å²) in [5.74, 6) is -5.93. The molecule has 0 bridgehead atoms. The van der Waals surface area contributed by atoms with Gasteiger partial charge in [0.25, 0.3) is 5.91 Å². The van der Waals surface area contributed by atoms with Gasteiger partial charge in [-0.25, -0.2) is 17.6 Å². The number of nitrogens with zero attached hydrogens (tertiary/aromatic N) is 2. The Kier molecular flexibility index (Phi) is 7.96. The predicted molar refractivity (Wildman–Crippen MR) is 117 cm³/mol. The van der Waals surface area contributed by atoms with Crippen LogP contribution in [-0.2, 0) is 0 Å². The largest absolute Gasteiger partial charge is 0.395 e. The van der Waals surface area contributed by atoms with E-state index in [0.29, 0.717) is 25.2 Å². The van der Waals surface area contributed by atoms with Gasteiger partial charge in [0.15, 0.2) is 0 Å². The van der Waals surface area contributed by atoms with Crippen LogP contribution in [0, 0.1) is 23.3 Å². The lowest BCUT2D eigenvalue weighted by Gasteiger charge is -2.26. The van der Waals surface area contributed by atoms with Crippen molar-refractivity contribution in [2.75, 3.05) is 36.5 Å². The second-order valence-electron chi connectivity index (χ2n) is 7.08. The van der Waals surface area contributed by atoms with Crippen molar-refractivity contribution < 1.29 is 27.5 Å². The minimum absolute atomic E-state index is 0.162. The number of aliphatic hydroxyl groups is 1. The Morgan fingerprint density at radius 1 is 1.00 bits per heavy atom. The quantitative estimate of drug-likeness (QED) is 0.422. The van der Waals surface area contributed by atoms with E-state index >= 15 is 4.39 Å². The van der Waals surface area contributed by atoms with Gasteiger partial charge in [0.2, 0.25) is 0 Å². The molecule has 0 aliphatic carbocycles. The number of carbonyl (C=O) groups is 1. The van der Waals surface area contributed by atoms with Gasteiger partial charge < -0.3 is 21.1 Å². The number of nitrogens with two attached hydrogens (primary N) is 1. The van der Waals surface area contributed by atoms with Crippen molar-refractivity contribution in [3.05, 3.63) is 77.6 Å². The van der Waals surface area contributed by atoms with E-state index in [-0.39, 0.29) is 18.8 Å². The van der Waals surface area contributed by atoms with Crippen LogP contribution in [-0.4, -0.2) is 42.2 Å². The highest BCUT2D eigenvalue weighted by Gasteiger charge is 2.25. The Morgan fingerprint density at radius 3 is 2.36 bits per heavy atom. The predicted octanol–water partition coefficient (Wildman–Crippen LogP) is 3.70. The highest BCUT2D eigenvalue weighted by Crippen LogP contribution is 2.33. The molecule has 33 heavy (non-hydrogen) atoms. The summed E-state index contributed by atoms with van der Waals surface area (Å²) in [5, 5.41) is 11.9. The highest BCUT2D eigenvalue weighted by atomic mass is 19.1. The van der Waals surface area contributed by atoms with Crippen LogP contribution in [0.1, 0.15) is 16.8 Å². The van der Waals surface area contributed by atoms with E-state index in [9.17, 15) is 23.1 Å². The van der Waals surface area contributed by atoms with Gasteiger partial charge in [-0.15, -0.1) is 0 Å². The number of amides is 1. The molecule has 0 fully saturated rings. The lowest BCUT2D eigenvalue weighted by atomic mass is 9.99. The summed E-state index contributed by atoms with van der Waals surface area (Å²) in [7, 11) is 0. The van der Waals surface area contributed by atoms with E-state index in [4.69, 9.17) is 5.73 Å². The third-order valence-corrected chi connectivity index (χ3v) is 4.94. The van der Waals surface area contributed by atoms with Crippen LogP contribution in [0.4, 0.5) is 28.9 Å². The summed E-state index contributed by atoms with van der Waals surface area (Å²) in [6.45, 7) is 0.968. The normalized spacial score (nSPS) is 10.8. The number of anilines is 2. The monoisotopic (exact) mass is 462 g/mol. The molecule has 0 spiro atoms. The first-order chi connectivity index (χ1) is 15.9. The number of aromatic nitrogens is 1. The Balaban J connectivity index is 1.99. The van der Waals surface area contributed by atoms with E-state index in [1.807, 2.05) is 0 Å². The first kappa shape index (κ1) is 24.1. The van der Waals surface area contributed by atoms with E-state index < -0.39 is 45.9 Å². The average molecular weight is 462 g/mol. The smallest absolute Gasteiger partial charge is 0.258 e.